The lowest BCUT2D eigenvalue weighted by molar-refractivity contribution is -0.133. The largest absolute Gasteiger partial charge is 0.383 e. The number of hydrogen-bond acceptors (Lipinski definition) is 2. The third-order valence-electron chi connectivity index (χ3n) is 4.14. The van der Waals surface area contributed by atoms with Crippen LogP contribution < -0.4 is 0 Å². The van der Waals surface area contributed by atoms with Gasteiger partial charge in [-0.3, -0.25) is 4.79 Å². The zero-order valence-corrected chi connectivity index (χ0v) is 8.15. The fourth-order valence-electron chi connectivity index (χ4n) is 3.47. The van der Waals surface area contributed by atoms with Gasteiger partial charge in [0.15, 0.2) is 0 Å². The summed E-state index contributed by atoms with van der Waals surface area (Å²) in [5.41, 5.74) is -0.0330. The Morgan fingerprint density at radius 3 is 3.21 bits per heavy atom. The highest BCUT2D eigenvalue weighted by Crippen LogP contribution is 2.50. The van der Waals surface area contributed by atoms with Crippen molar-refractivity contribution >= 4 is 5.91 Å². The number of amides is 1. The van der Waals surface area contributed by atoms with Gasteiger partial charge in [-0.1, -0.05) is 18.9 Å². The molecule has 3 nitrogen and oxygen atoms in total. The molecule has 0 aromatic rings. The fraction of sp³-hybridized carbons (Fsp3) is 0.727. The van der Waals surface area contributed by atoms with Gasteiger partial charge in [0.05, 0.1) is 5.54 Å². The van der Waals surface area contributed by atoms with E-state index in [1.807, 2.05) is 11.1 Å². The van der Waals surface area contributed by atoms with Gasteiger partial charge >= 0.3 is 0 Å². The number of aliphatic hydroxyl groups is 1. The molecule has 0 radical (unpaired) electrons. The van der Waals surface area contributed by atoms with Crippen molar-refractivity contribution in [3.8, 4) is 0 Å². The van der Waals surface area contributed by atoms with Gasteiger partial charge < -0.3 is 10.0 Å². The van der Waals surface area contributed by atoms with Gasteiger partial charge in [-0.25, -0.2) is 0 Å². The number of hydrogen-bond donors (Lipinski definition) is 1. The molecule has 0 aromatic heterocycles. The summed E-state index contributed by atoms with van der Waals surface area (Å²) in [6.07, 6.45) is 8.57. The van der Waals surface area contributed by atoms with Crippen molar-refractivity contribution in [1.29, 1.82) is 0 Å². The Morgan fingerprint density at radius 2 is 2.36 bits per heavy atom. The Labute approximate surface area is 83.4 Å². The first-order valence-corrected chi connectivity index (χ1v) is 5.44. The molecule has 1 N–H and O–H groups in total. The van der Waals surface area contributed by atoms with E-state index in [4.69, 9.17) is 0 Å². The summed E-state index contributed by atoms with van der Waals surface area (Å²) in [6.45, 7) is 0. The van der Waals surface area contributed by atoms with Crippen molar-refractivity contribution in [2.24, 2.45) is 5.92 Å². The van der Waals surface area contributed by atoms with Crippen LogP contribution in [0.1, 0.15) is 32.1 Å². The molecule has 1 spiro atoms. The summed E-state index contributed by atoms with van der Waals surface area (Å²) >= 11 is 0. The second-order valence-electron chi connectivity index (χ2n) is 4.70. The molecular formula is C11H15NO2. The second kappa shape index (κ2) is 2.60. The average molecular weight is 193 g/mol. The highest BCUT2D eigenvalue weighted by atomic mass is 16.3. The van der Waals surface area contributed by atoms with Gasteiger partial charge in [-0.05, 0) is 19.3 Å². The van der Waals surface area contributed by atoms with Gasteiger partial charge in [0, 0.05) is 12.1 Å². The number of carbonyl (C=O) groups is 1. The molecule has 3 atom stereocenters. The monoisotopic (exact) mass is 193 g/mol. The van der Waals surface area contributed by atoms with Crippen molar-refractivity contribution < 1.29 is 9.90 Å². The molecule has 0 bridgehead atoms. The molecule has 1 amide bonds. The van der Waals surface area contributed by atoms with Crippen molar-refractivity contribution in [3.05, 3.63) is 12.3 Å². The highest BCUT2D eigenvalue weighted by Gasteiger charge is 2.58. The summed E-state index contributed by atoms with van der Waals surface area (Å²) in [6, 6.07) is 0. The van der Waals surface area contributed by atoms with Crippen LogP contribution in [0.3, 0.4) is 0 Å². The van der Waals surface area contributed by atoms with E-state index in [1.165, 1.54) is 6.42 Å². The summed E-state index contributed by atoms with van der Waals surface area (Å²) in [7, 11) is 0. The van der Waals surface area contributed by atoms with Gasteiger partial charge in [0.1, 0.15) is 6.10 Å². The van der Waals surface area contributed by atoms with Gasteiger partial charge in [0.2, 0.25) is 0 Å². The van der Waals surface area contributed by atoms with E-state index in [0.717, 1.165) is 25.7 Å². The van der Waals surface area contributed by atoms with E-state index >= 15 is 0 Å². The zero-order chi connectivity index (χ0) is 9.76. The predicted octanol–water partition coefficient (Wildman–Crippen LogP) is 1.04. The maximum Gasteiger partial charge on any atom is 0.256 e. The first kappa shape index (κ1) is 8.48. The summed E-state index contributed by atoms with van der Waals surface area (Å²) in [5, 5.41) is 9.87. The molecule has 3 rings (SSSR count). The minimum atomic E-state index is -0.736. The Balaban J connectivity index is 2.04. The summed E-state index contributed by atoms with van der Waals surface area (Å²) in [4.78, 5) is 13.6. The smallest absolute Gasteiger partial charge is 0.256 e. The van der Waals surface area contributed by atoms with Gasteiger partial charge in [-0.15, -0.1) is 0 Å². The molecule has 2 aliphatic heterocycles. The Morgan fingerprint density at radius 1 is 1.50 bits per heavy atom. The quantitative estimate of drug-likeness (QED) is 0.624. The molecular weight excluding hydrogens is 178 g/mol. The first-order valence-electron chi connectivity index (χ1n) is 5.44. The highest BCUT2D eigenvalue weighted by molar-refractivity contribution is 5.86. The number of aliphatic hydroxyl groups excluding tert-OH is 1. The lowest BCUT2D eigenvalue weighted by Gasteiger charge is -2.40. The van der Waals surface area contributed by atoms with Crippen LogP contribution in [-0.4, -0.2) is 27.6 Å². The number of carbonyl (C=O) groups excluding carboxylic acids is 1. The molecule has 1 saturated heterocycles. The molecule has 3 heteroatoms. The molecule has 1 saturated carbocycles. The van der Waals surface area contributed by atoms with Crippen LogP contribution in [0.25, 0.3) is 0 Å². The molecule has 3 aliphatic rings. The predicted molar refractivity (Wildman–Crippen MR) is 51.3 cm³/mol. The molecule has 2 fully saturated rings. The van der Waals surface area contributed by atoms with E-state index in [2.05, 4.69) is 6.08 Å². The van der Waals surface area contributed by atoms with Crippen molar-refractivity contribution in [3.63, 3.8) is 0 Å². The molecule has 76 valence electrons. The van der Waals surface area contributed by atoms with E-state index in [9.17, 15) is 9.90 Å². The van der Waals surface area contributed by atoms with Gasteiger partial charge in [0.25, 0.3) is 5.91 Å². The van der Waals surface area contributed by atoms with Crippen LogP contribution in [-0.2, 0) is 4.79 Å². The molecule has 0 aromatic carbocycles. The SMILES string of the molecule is O=C1[C@H](O)[C@@H]2CCCC[C@@]23CC=CN13. The molecule has 2 heterocycles. The minimum Gasteiger partial charge on any atom is -0.383 e. The van der Waals surface area contributed by atoms with Crippen LogP contribution >= 0.6 is 0 Å². The van der Waals surface area contributed by atoms with Crippen molar-refractivity contribution in [1.82, 2.24) is 4.90 Å². The van der Waals surface area contributed by atoms with E-state index in [-0.39, 0.29) is 17.4 Å². The maximum atomic E-state index is 11.8. The van der Waals surface area contributed by atoms with Crippen LogP contribution in [0.4, 0.5) is 0 Å². The third kappa shape index (κ3) is 0.793. The van der Waals surface area contributed by atoms with E-state index in [0.29, 0.717) is 0 Å². The minimum absolute atomic E-state index is 0.0330. The topological polar surface area (TPSA) is 40.5 Å². The Bertz CT molecular complexity index is 312. The molecule has 0 unspecified atom stereocenters. The zero-order valence-electron chi connectivity index (χ0n) is 8.15. The normalized spacial score (nSPS) is 45.5. The number of nitrogens with zero attached hydrogens (tertiary/aromatic N) is 1. The Hall–Kier alpha value is -0.830. The van der Waals surface area contributed by atoms with Gasteiger partial charge in [-0.2, -0.15) is 0 Å². The van der Waals surface area contributed by atoms with Crippen LogP contribution in [0, 0.1) is 5.92 Å². The van der Waals surface area contributed by atoms with Crippen molar-refractivity contribution in [2.75, 3.05) is 0 Å². The van der Waals surface area contributed by atoms with Crippen LogP contribution in [0.15, 0.2) is 12.3 Å². The first-order chi connectivity index (χ1) is 6.76. The maximum absolute atomic E-state index is 11.8. The van der Waals surface area contributed by atoms with Crippen molar-refractivity contribution in [2.45, 2.75) is 43.7 Å². The van der Waals surface area contributed by atoms with Crippen LogP contribution in [0.2, 0.25) is 0 Å². The van der Waals surface area contributed by atoms with Crippen LogP contribution in [0.5, 0.6) is 0 Å². The Kier molecular flexibility index (Phi) is 1.57. The van der Waals surface area contributed by atoms with E-state index in [1.54, 1.807) is 0 Å². The third-order valence-corrected chi connectivity index (χ3v) is 4.14. The fourth-order valence-corrected chi connectivity index (χ4v) is 3.47. The second-order valence-corrected chi connectivity index (χ2v) is 4.70. The lowest BCUT2D eigenvalue weighted by atomic mass is 9.72. The van der Waals surface area contributed by atoms with E-state index < -0.39 is 6.10 Å². The molecule has 1 aliphatic carbocycles. The lowest BCUT2D eigenvalue weighted by Crippen LogP contribution is -2.45. The average Bonchev–Trinajstić information content (AvgIpc) is 2.68. The standard InChI is InChI=1S/C11H15NO2/c13-9-8-4-1-2-5-11(8)6-3-7-12(11)10(9)14/h3,7-9,13H,1-2,4-6H2/t8-,9+,11+/m0/s1. The number of rotatable bonds is 0. The summed E-state index contributed by atoms with van der Waals surface area (Å²) in [5.74, 6) is 0.101. The summed E-state index contributed by atoms with van der Waals surface area (Å²) < 4.78 is 0. The molecule has 14 heavy (non-hydrogen) atoms.